The van der Waals surface area contributed by atoms with Gasteiger partial charge < -0.3 is 24.5 Å². The fraction of sp³-hybridized carbons (Fsp3) is 0.0909. The molecule has 0 aliphatic carbocycles. The zero-order valence-corrected chi connectivity index (χ0v) is 16.4. The summed E-state index contributed by atoms with van der Waals surface area (Å²) in [6.07, 6.45) is 7.19. The summed E-state index contributed by atoms with van der Waals surface area (Å²) in [4.78, 5) is 34.6. The van der Waals surface area contributed by atoms with Gasteiger partial charge in [0, 0.05) is 24.7 Å². The maximum absolute atomic E-state index is 11.2. The maximum atomic E-state index is 11.2. The number of carbonyl (C=O) groups is 2. The van der Waals surface area contributed by atoms with Crippen LogP contribution in [0.1, 0.15) is 0 Å². The van der Waals surface area contributed by atoms with Gasteiger partial charge in [0.1, 0.15) is 12.4 Å². The highest BCUT2D eigenvalue weighted by Gasteiger charge is 2.02. The standard InChI is InChI=1S/C20H17N3O2.2CH2O2/c24-20-6-4-18(13-22-20)16-1-2-17-12-19(5-3-15(17)11-16)25-10-9-23-8-7-21-14-23;2*2-1-3/h1-8,11-14H,9-10H2,(H,22,24);2*1H,(H,2,3). The second-order valence-corrected chi connectivity index (χ2v) is 6.03. The van der Waals surface area contributed by atoms with E-state index in [9.17, 15) is 4.79 Å². The number of aromatic nitrogens is 3. The molecule has 2 aromatic carbocycles. The van der Waals surface area contributed by atoms with E-state index in [1.54, 1.807) is 18.7 Å². The Bertz CT molecular complexity index is 1130. The molecule has 160 valence electrons. The Morgan fingerprint density at radius 1 is 0.968 bits per heavy atom. The normalized spacial score (nSPS) is 9.55. The van der Waals surface area contributed by atoms with Gasteiger partial charge in [-0.25, -0.2) is 4.98 Å². The molecule has 0 radical (unpaired) electrons. The maximum Gasteiger partial charge on any atom is 0.290 e. The molecule has 0 saturated heterocycles. The summed E-state index contributed by atoms with van der Waals surface area (Å²) < 4.78 is 7.81. The predicted molar refractivity (Wildman–Crippen MR) is 115 cm³/mol. The fourth-order valence-corrected chi connectivity index (χ4v) is 2.77. The quantitative estimate of drug-likeness (QED) is 0.420. The van der Waals surface area contributed by atoms with Crippen molar-refractivity contribution in [2.75, 3.05) is 6.61 Å². The van der Waals surface area contributed by atoms with Crippen LogP contribution in [0.2, 0.25) is 0 Å². The second kappa shape index (κ2) is 12.2. The summed E-state index contributed by atoms with van der Waals surface area (Å²) in [5, 5.41) is 16.0. The van der Waals surface area contributed by atoms with Crippen LogP contribution >= 0.6 is 0 Å². The first-order valence-electron chi connectivity index (χ1n) is 9.08. The molecule has 31 heavy (non-hydrogen) atoms. The van der Waals surface area contributed by atoms with E-state index in [4.69, 9.17) is 24.5 Å². The lowest BCUT2D eigenvalue weighted by Gasteiger charge is -2.09. The smallest absolute Gasteiger partial charge is 0.290 e. The van der Waals surface area contributed by atoms with Gasteiger partial charge in [-0.15, -0.1) is 0 Å². The van der Waals surface area contributed by atoms with Gasteiger partial charge in [-0.2, -0.15) is 0 Å². The molecule has 0 bridgehead atoms. The minimum absolute atomic E-state index is 0.0953. The highest BCUT2D eigenvalue weighted by atomic mass is 16.5. The summed E-state index contributed by atoms with van der Waals surface area (Å²) in [6, 6.07) is 15.7. The first kappa shape index (κ1) is 22.9. The van der Waals surface area contributed by atoms with Gasteiger partial charge in [0.05, 0.1) is 12.9 Å². The van der Waals surface area contributed by atoms with Gasteiger partial charge in [-0.1, -0.05) is 18.2 Å². The number of hydrogen-bond acceptors (Lipinski definition) is 5. The highest BCUT2D eigenvalue weighted by molar-refractivity contribution is 5.88. The molecule has 9 heteroatoms. The average molecular weight is 423 g/mol. The summed E-state index contributed by atoms with van der Waals surface area (Å²) in [5.41, 5.74) is 1.96. The summed E-state index contributed by atoms with van der Waals surface area (Å²) in [5.74, 6) is 0.851. The van der Waals surface area contributed by atoms with Crippen molar-refractivity contribution in [3.63, 3.8) is 0 Å². The van der Waals surface area contributed by atoms with Gasteiger partial charge in [0.15, 0.2) is 0 Å². The Kier molecular flexibility index (Phi) is 9.02. The first-order valence-corrected chi connectivity index (χ1v) is 9.08. The van der Waals surface area contributed by atoms with E-state index in [-0.39, 0.29) is 18.5 Å². The number of imidazole rings is 1. The van der Waals surface area contributed by atoms with Gasteiger partial charge >= 0.3 is 0 Å². The third-order valence-electron chi connectivity index (χ3n) is 4.11. The second-order valence-electron chi connectivity index (χ2n) is 6.03. The Labute approximate surface area is 177 Å². The van der Waals surface area contributed by atoms with Gasteiger partial charge in [0.25, 0.3) is 12.9 Å². The Morgan fingerprint density at radius 3 is 2.29 bits per heavy atom. The van der Waals surface area contributed by atoms with Crippen LogP contribution in [0.5, 0.6) is 5.75 Å². The number of pyridine rings is 1. The summed E-state index contributed by atoms with van der Waals surface area (Å²) in [7, 11) is 0. The van der Waals surface area contributed by atoms with E-state index >= 15 is 0 Å². The number of aromatic amines is 1. The molecule has 9 nitrogen and oxygen atoms in total. The van der Waals surface area contributed by atoms with Crippen LogP contribution in [0.15, 0.2) is 78.2 Å². The molecule has 2 heterocycles. The molecular weight excluding hydrogens is 402 g/mol. The topological polar surface area (TPSA) is 135 Å². The van der Waals surface area contributed by atoms with Crippen molar-refractivity contribution in [2.24, 2.45) is 0 Å². The summed E-state index contributed by atoms with van der Waals surface area (Å²) >= 11 is 0. The number of hydrogen-bond donors (Lipinski definition) is 3. The molecule has 4 aromatic rings. The largest absolute Gasteiger partial charge is 0.492 e. The number of nitrogens with zero attached hydrogens (tertiary/aromatic N) is 2. The van der Waals surface area contributed by atoms with Crippen molar-refractivity contribution in [3.05, 3.63) is 83.8 Å². The van der Waals surface area contributed by atoms with Crippen LogP contribution in [0, 0.1) is 0 Å². The van der Waals surface area contributed by atoms with Crippen LogP contribution in [-0.2, 0) is 16.1 Å². The van der Waals surface area contributed by atoms with Gasteiger partial charge in [0.2, 0.25) is 5.56 Å². The highest BCUT2D eigenvalue weighted by Crippen LogP contribution is 2.26. The van der Waals surface area contributed by atoms with E-state index < -0.39 is 0 Å². The molecule has 0 aliphatic rings. The lowest BCUT2D eigenvalue weighted by atomic mass is 10.0. The van der Waals surface area contributed by atoms with Crippen molar-refractivity contribution < 1.29 is 24.5 Å². The van der Waals surface area contributed by atoms with Gasteiger partial charge in [-0.05, 0) is 46.2 Å². The summed E-state index contributed by atoms with van der Waals surface area (Å²) in [6.45, 7) is 0.862. The Balaban J connectivity index is 0.000000513. The average Bonchev–Trinajstić information content (AvgIpc) is 3.29. The van der Waals surface area contributed by atoms with E-state index in [1.807, 2.05) is 35.0 Å². The van der Waals surface area contributed by atoms with Crippen molar-refractivity contribution in [1.29, 1.82) is 0 Å². The monoisotopic (exact) mass is 423 g/mol. The SMILES string of the molecule is O=CO.O=CO.O=c1ccc(-c2ccc3cc(OCCn4ccnc4)ccc3c2)c[nH]1. The van der Waals surface area contributed by atoms with Crippen molar-refractivity contribution >= 4 is 23.7 Å². The molecule has 0 atom stereocenters. The van der Waals surface area contributed by atoms with Crippen molar-refractivity contribution in [3.8, 4) is 16.9 Å². The molecule has 0 saturated carbocycles. The molecule has 0 spiro atoms. The predicted octanol–water partition coefficient (Wildman–Crippen LogP) is 2.87. The van der Waals surface area contributed by atoms with E-state index in [2.05, 4.69) is 28.2 Å². The Morgan fingerprint density at radius 2 is 1.65 bits per heavy atom. The van der Waals surface area contributed by atoms with Crippen LogP contribution < -0.4 is 10.3 Å². The van der Waals surface area contributed by atoms with Crippen molar-refractivity contribution in [2.45, 2.75) is 6.54 Å². The van der Waals surface area contributed by atoms with Crippen molar-refractivity contribution in [1.82, 2.24) is 14.5 Å². The number of benzene rings is 2. The van der Waals surface area contributed by atoms with E-state index in [1.165, 1.54) is 6.07 Å². The molecule has 4 rings (SSSR count). The molecule has 0 amide bonds. The van der Waals surface area contributed by atoms with Crippen LogP contribution in [0.25, 0.3) is 21.9 Å². The lowest BCUT2D eigenvalue weighted by molar-refractivity contribution is -0.123. The zero-order valence-electron chi connectivity index (χ0n) is 16.4. The van der Waals surface area contributed by atoms with Crippen LogP contribution in [-0.4, -0.2) is 44.3 Å². The lowest BCUT2D eigenvalue weighted by Crippen LogP contribution is -2.06. The molecule has 3 N–H and O–H groups in total. The minimum Gasteiger partial charge on any atom is -0.492 e. The zero-order chi connectivity index (χ0) is 22.5. The van der Waals surface area contributed by atoms with Gasteiger partial charge in [-0.3, -0.25) is 14.4 Å². The molecule has 0 aliphatic heterocycles. The number of rotatable bonds is 5. The third kappa shape index (κ3) is 7.17. The first-order chi connectivity index (χ1) is 15.1. The van der Waals surface area contributed by atoms with Crippen LogP contribution in [0.4, 0.5) is 0 Å². The molecule has 2 aromatic heterocycles. The minimum atomic E-state index is -0.250. The number of nitrogens with one attached hydrogen (secondary N) is 1. The van der Waals surface area contributed by atoms with E-state index in [0.717, 1.165) is 34.2 Å². The fourth-order valence-electron chi connectivity index (χ4n) is 2.77. The third-order valence-corrected chi connectivity index (χ3v) is 4.11. The molecule has 0 fully saturated rings. The number of fused-ring (bicyclic) bond motifs is 1. The van der Waals surface area contributed by atoms with E-state index in [0.29, 0.717) is 6.61 Å². The number of ether oxygens (including phenoxy) is 1. The number of carboxylic acid groups (broad SMARTS) is 2. The number of H-pyrrole nitrogens is 1. The Hall–Kier alpha value is -4.40. The molecule has 0 unspecified atom stereocenters. The van der Waals surface area contributed by atoms with Crippen LogP contribution in [0.3, 0.4) is 0 Å². The molecular formula is C22H21N3O6.